The van der Waals surface area contributed by atoms with Crippen LogP contribution in [-0.2, 0) is 24.3 Å². The van der Waals surface area contributed by atoms with Crippen LogP contribution in [0, 0.1) is 5.82 Å². The van der Waals surface area contributed by atoms with Crippen LogP contribution in [0.4, 0.5) is 4.39 Å². The van der Waals surface area contributed by atoms with Crippen molar-refractivity contribution in [3.63, 3.8) is 0 Å². The lowest BCUT2D eigenvalue weighted by molar-refractivity contribution is 0.133. The summed E-state index contributed by atoms with van der Waals surface area (Å²) in [6, 6.07) is 15.0. The van der Waals surface area contributed by atoms with Crippen molar-refractivity contribution in [2.24, 2.45) is 4.99 Å². The zero-order chi connectivity index (χ0) is 17.9. The zero-order valence-corrected chi connectivity index (χ0v) is 14.9. The standard InChI is InChI=1S/C20H26FN3O/c1-3-25-15-18-10-5-4-9-17(18)14-24-20(22-2)23-13-12-16-8-6-7-11-19(16)21/h4-11H,3,12-15H2,1-2H3,(H2,22,23,24). The Morgan fingerprint density at radius 1 is 1.00 bits per heavy atom. The fourth-order valence-electron chi connectivity index (χ4n) is 2.50. The number of nitrogens with zero attached hydrogens (tertiary/aromatic N) is 1. The van der Waals surface area contributed by atoms with Crippen molar-refractivity contribution in [3.05, 3.63) is 71.0 Å². The van der Waals surface area contributed by atoms with Crippen LogP contribution in [0.25, 0.3) is 0 Å². The lowest BCUT2D eigenvalue weighted by atomic mass is 10.1. The lowest BCUT2D eigenvalue weighted by Crippen LogP contribution is -2.38. The molecule has 0 unspecified atom stereocenters. The predicted molar refractivity (Wildman–Crippen MR) is 100 cm³/mol. The smallest absolute Gasteiger partial charge is 0.191 e. The molecule has 0 saturated carbocycles. The highest BCUT2D eigenvalue weighted by molar-refractivity contribution is 5.79. The summed E-state index contributed by atoms with van der Waals surface area (Å²) in [7, 11) is 1.73. The van der Waals surface area contributed by atoms with Crippen LogP contribution in [0.5, 0.6) is 0 Å². The molecule has 0 aliphatic carbocycles. The fourth-order valence-corrected chi connectivity index (χ4v) is 2.50. The molecule has 0 saturated heterocycles. The highest BCUT2D eigenvalue weighted by atomic mass is 19.1. The SMILES string of the molecule is CCOCc1ccccc1CNC(=NC)NCCc1ccccc1F. The molecule has 0 aromatic heterocycles. The van der Waals surface area contributed by atoms with Gasteiger partial charge in [0.1, 0.15) is 5.82 Å². The number of aliphatic imine (C=N–C) groups is 1. The molecular formula is C20H26FN3O. The van der Waals surface area contributed by atoms with Gasteiger partial charge in [0.2, 0.25) is 0 Å². The van der Waals surface area contributed by atoms with E-state index in [1.807, 2.05) is 25.1 Å². The van der Waals surface area contributed by atoms with E-state index in [2.05, 4.69) is 27.8 Å². The maximum atomic E-state index is 13.6. The molecule has 2 N–H and O–H groups in total. The topological polar surface area (TPSA) is 45.6 Å². The maximum Gasteiger partial charge on any atom is 0.191 e. The van der Waals surface area contributed by atoms with Crippen molar-refractivity contribution in [2.75, 3.05) is 20.2 Å². The summed E-state index contributed by atoms with van der Waals surface area (Å²) in [5.41, 5.74) is 3.04. The Bertz CT molecular complexity index is 688. The van der Waals surface area contributed by atoms with Crippen LogP contribution in [0.3, 0.4) is 0 Å². The third kappa shape index (κ3) is 6.19. The number of benzene rings is 2. The summed E-state index contributed by atoms with van der Waals surface area (Å²) in [5, 5.41) is 6.51. The summed E-state index contributed by atoms with van der Waals surface area (Å²) < 4.78 is 19.1. The van der Waals surface area contributed by atoms with Crippen LogP contribution in [0.1, 0.15) is 23.6 Å². The van der Waals surface area contributed by atoms with Crippen molar-refractivity contribution in [2.45, 2.75) is 26.5 Å². The molecule has 0 radical (unpaired) electrons. The Morgan fingerprint density at radius 2 is 1.68 bits per heavy atom. The van der Waals surface area contributed by atoms with E-state index in [0.717, 1.165) is 0 Å². The average Bonchev–Trinajstić information content (AvgIpc) is 2.65. The highest BCUT2D eigenvalue weighted by Crippen LogP contribution is 2.10. The lowest BCUT2D eigenvalue weighted by Gasteiger charge is -2.14. The molecule has 0 aliphatic rings. The van der Waals surface area contributed by atoms with Gasteiger partial charge in [-0.3, -0.25) is 4.99 Å². The number of hydrogen-bond donors (Lipinski definition) is 2. The monoisotopic (exact) mass is 343 g/mol. The third-order valence-electron chi connectivity index (χ3n) is 3.89. The van der Waals surface area contributed by atoms with E-state index in [9.17, 15) is 4.39 Å². The van der Waals surface area contributed by atoms with Crippen LogP contribution in [-0.4, -0.2) is 26.2 Å². The molecule has 0 heterocycles. The summed E-state index contributed by atoms with van der Waals surface area (Å²) in [5.74, 6) is 0.527. The largest absolute Gasteiger partial charge is 0.377 e. The molecule has 4 nitrogen and oxygen atoms in total. The number of hydrogen-bond acceptors (Lipinski definition) is 2. The van der Waals surface area contributed by atoms with Crippen LogP contribution >= 0.6 is 0 Å². The number of rotatable bonds is 8. The van der Waals surface area contributed by atoms with Gasteiger partial charge in [-0.1, -0.05) is 42.5 Å². The molecule has 0 aliphatic heterocycles. The Balaban J connectivity index is 1.83. The minimum Gasteiger partial charge on any atom is -0.377 e. The van der Waals surface area contributed by atoms with E-state index in [4.69, 9.17) is 4.74 Å². The first-order valence-corrected chi connectivity index (χ1v) is 8.57. The summed E-state index contributed by atoms with van der Waals surface area (Å²) >= 11 is 0. The first-order chi connectivity index (χ1) is 12.2. The van der Waals surface area contributed by atoms with E-state index in [1.54, 1.807) is 19.2 Å². The molecule has 25 heavy (non-hydrogen) atoms. The van der Waals surface area contributed by atoms with Gasteiger partial charge < -0.3 is 15.4 Å². The second-order valence-electron chi connectivity index (χ2n) is 5.60. The van der Waals surface area contributed by atoms with Crippen molar-refractivity contribution >= 4 is 5.96 Å². The first-order valence-electron chi connectivity index (χ1n) is 8.57. The Hall–Kier alpha value is -2.40. The number of nitrogens with one attached hydrogen (secondary N) is 2. The van der Waals surface area contributed by atoms with Gasteiger partial charge in [0.05, 0.1) is 6.61 Å². The minimum atomic E-state index is -0.169. The van der Waals surface area contributed by atoms with E-state index in [1.165, 1.54) is 17.2 Å². The molecule has 5 heteroatoms. The van der Waals surface area contributed by atoms with Gasteiger partial charge in [-0.05, 0) is 36.1 Å². The predicted octanol–water partition coefficient (Wildman–Crippen LogP) is 3.27. The average molecular weight is 343 g/mol. The van der Waals surface area contributed by atoms with Gasteiger partial charge in [-0.25, -0.2) is 4.39 Å². The van der Waals surface area contributed by atoms with E-state index < -0.39 is 0 Å². The third-order valence-corrected chi connectivity index (χ3v) is 3.89. The minimum absolute atomic E-state index is 0.169. The highest BCUT2D eigenvalue weighted by Gasteiger charge is 2.04. The second kappa shape index (κ2) is 10.5. The summed E-state index contributed by atoms with van der Waals surface area (Å²) in [4.78, 5) is 4.22. The summed E-state index contributed by atoms with van der Waals surface area (Å²) in [6.07, 6.45) is 0.605. The van der Waals surface area contributed by atoms with Crippen molar-refractivity contribution < 1.29 is 9.13 Å². The Morgan fingerprint density at radius 3 is 2.36 bits per heavy atom. The molecule has 0 bridgehead atoms. The van der Waals surface area contributed by atoms with Crippen molar-refractivity contribution in [1.29, 1.82) is 0 Å². The molecule has 2 aromatic rings. The van der Waals surface area contributed by atoms with E-state index in [-0.39, 0.29) is 5.82 Å². The van der Waals surface area contributed by atoms with Crippen molar-refractivity contribution in [1.82, 2.24) is 10.6 Å². The molecule has 0 amide bonds. The fraction of sp³-hybridized carbons (Fsp3) is 0.350. The van der Waals surface area contributed by atoms with Gasteiger partial charge >= 0.3 is 0 Å². The van der Waals surface area contributed by atoms with E-state index in [0.29, 0.717) is 44.2 Å². The van der Waals surface area contributed by atoms with Gasteiger partial charge in [-0.2, -0.15) is 0 Å². The van der Waals surface area contributed by atoms with E-state index >= 15 is 0 Å². The molecular weight excluding hydrogens is 317 g/mol. The number of ether oxygens (including phenoxy) is 1. The van der Waals surface area contributed by atoms with Crippen LogP contribution in [0.15, 0.2) is 53.5 Å². The van der Waals surface area contributed by atoms with Gasteiger partial charge in [-0.15, -0.1) is 0 Å². The molecule has 2 rings (SSSR count). The molecule has 0 fully saturated rings. The molecule has 0 atom stereocenters. The van der Waals surface area contributed by atoms with Gasteiger partial charge in [0.15, 0.2) is 5.96 Å². The second-order valence-corrected chi connectivity index (χ2v) is 5.60. The first kappa shape index (κ1) is 18.9. The Labute approximate surface area is 149 Å². The molecule has 2 aromatic carbocycles. The molecule has 134 valence electrons. The normalized spacial score (nSPS) is 11.4. The summed E-state index contributed by atoms with van der Waals surface area (Å²) in [6.45, 7) is 4.56. The van der Waals surface area contributed by atoms with Crippen LogP contribution < -0.4 is 10.6 Å². The Kier molecular flexibility index (Phi) is 7.92. The van der Waals surface area contributed by atoms with Crippen LogP contribution in [0.2, 0.25) is 0 Å². The van der Waals surface area contributed by atoms with Gasteiger partial charge in [0, 0.05) is 26.7 Å². The zero-order valence-electron chi connectivity index (χ0n) is 14.9. The number of halogens is 1. The van der Waals surface area contributed by atoms with Crippen molar-refractivity contribution in [3.8, 4) is 0 Å². The maximum absolute atomic E-state index is 13.6. The molecule has 0 spiro atoms. The quantitative estimate of drug-likeness (QED) is 0.571. The number of guanidine groups is 1. The van der Waals surface area contributed by atoms with Gasteiger partial charge in [0.25, 0.3) is 0 Å².